The van der Waals surface area contributed by atoms with E-state index in [4.69, 9.17) is 9.84 Å². The molecule has 6 nitrogen and oxygen atoms in total. The van der Waals surface area contributed by atoms with Gasteiger partial charge in [-0.05, 0) is 61.4 Å². The second kappa shape index (κ2) is 10.1. The number of hydrogen-bond donors (Lipinski definition) is 3. The van der Waals surface area contributed by atoms with Crippen LogP contribution in [0, 0.1) is 0 Å². The Labute approximate surface area is 171 Å². The number of anilines is 1. The molecule has 0 saturated carbocycles. The van der Waals surface area contributed by atoms with Crippen LogP contribution in [-0.2, 0) is 22.4 Å². The van der Waals surface area contributed by atoms with Crippen LogP contribution in [0.3, 0.4) is 0 Å². The maximum atomic E-state index is 12.3. The number of aryl methyl sites for hydroxylation is 2. The molecule has 2 aromatic carbocycles. The minimum absolute atomic E-state index is 0.0492. The van der Waals surface area contributed by atoms with E-state index in [1.807, 2.05) is 6.92 Å². The third-order valence-corrected chi connectivity index (χ3v) is 5.16. The van der Waals surface area contributed by atoms with Crippen LogP contribution in [0.25, 0.3) is 0 Å². The molecule has 1 amide bonds. The number of carbonyl (C=O) groups is 2. The van der Waals surface area contributed by atoms with Gasteiger partial charge in [-0.1, -0.05) is 30.3 Å². The van der Waals surface area contributed by atoms with Crippen LogP contribution in [0.15, 0.2) is 42.5 Å². The van der Waals surface area contributed by atoms with Crippen molar-refractivity contribution >= 4 is 17.6 Å². The lowest BCUT2D eigenvalue weighted by Gasteiger charge is -2.20. The highest BCUT2D eigenvalue weighted by Gasteiger charge is 2.17. The Bertz CT molecular complexity index is 866. The summed E-state index contributed by atoms with van der Waals surface area (Å²) in [6.07, 6.45) is 4.66. The van der Waals surface area contributed by atoms with Gasteiger partial charge in [-0.15, -0.1) is 0 Å². The molecule has 1 aliphatic rings. The SMILES string of the molecule is C[C@H](NC(=O)COC(=O)c1ccccc1NCCO)c1ccc2c(c1)CCCC2. The predicted octanol–water partition coefficient (Wildman–Crippen LogP) is 3.00. The van der Waals surface area contributed by atoms with Gasteiger partial charge < -0.3 is 20.5 Å². The van der Waals surface area contributed by atoms with Gasteiger partial charge in [0, 0.05) is 12.2 Å². The van der Waals surface area contributed by atoms with Crippen LogP contribution >= 0.6 is 0 Å². The summed E-state index contributed by atoms with van der Waals surface area (Å²) in [5, 5.41) is 14.8. The van der Waals surface area contributed by atoms with Crippen molar-refractivity contribution in [1.82, 2.24) is 5.32 Å². The van der Waals surface area contributed by atoms with E-state index in [1.165, 1.54) is 24.0 Å². The number of hydrogen-bond acceptors (Lipinski definition) is 5. The fraction of sp³-hybridized carbons (Fsp3) is 0.391. The molecule has 154 valence electrons. The first-order valence-corrected chi connectivity index (χ1v) is 10.1. The number of fused-ring (bicyclic) bond motifs is 1. The van der Waals surface area contributed by atoms with Crippen LogP contribution in [0.5, 0.6) is 0 Å². The third kappa shape index (κ3) is 5.57. The summed E-state index contributed by atoms with van der Waals surface area (Å²) in [5.74, 6) is -0.924. The number of aliphatic hydroxyl groups excluding tert-OH is 1. The highest BCUT2D eigenvalue weighted by atomic mass is 16.5. The molecule has 1 aliphatic carbocycles. The van der Waals surface area contributed by atoms with Gasteiger partial charge in [0.05, 0.1) is 18.2 Å². The summed E-state index contributed by atoms with van der Waals surface area (Å²) in [4.78, 5) is 24.6. The zero-order valence-electron chi connectivity index (χ0n) is 16.7. The number of para-hydroxylation sites is 1. The monoisotopic (exact) mass is 396 g/mol. The standard InChI is InChI=1S/C23H28N2O4/c1-16(18-11-10-17-6-2-3-7-19(17)14-18)25-22(27)15-29-23(28)20-8-4-5-9-21(20)24-12-13-26/h4-5,8-11,14,16,24,26H,2-3,6-7,12-13,15H2,1H3,(H,25,27)/t16-/m0/s1. The molecule has 0 aliphatic heterocycles. The van der Waals surface area contributed by atoms with E-state index in [0.29, 0.717) is 17.8 Å². The highest BCUT2D eigenvalue weighted by molar-refractivity contribution is 5.96. The second-order valence-electron chi connectivity index (χ2n) is 7.30. The average molecular weight is 396 g/mol. The average Bonchev–Trinajstić information content (AvgIpc) is 2.75. The van der Waals surface area contributed by atoms with Gasteiger partial charge in [-0.25, -0.2) is 4.79 Å². The van der Waals surface area contributed by atoms with Gasteiger partial charge in [0.25, 0.3) is 5.91 Å². The molecular weight excluding hydrogens is 368 g/mol. The number of rotatable bonds is 8. The summed E-state index contributed by atoms with van der Waals surface area (Å²) >= 11 is 0. The summed E-state index contributed by atoms with van der Waals surface area (Å²) in [5.41, 5.74) is 4.73. The van der Waals surface area contributed by atoms with Gasteiger partial charge in [-0.3, -0.25) is 4.79 Å². The molecule has 0 bridgehead atoms. The van der Waals surface area contributed by atoms with E-state index in [-0.39, 0.29) is 25.2 Å². The van der Waals surface area contributed by atoms with E-state index >= 15 is 0 Å². The van der Waals surface area contributed by atoms with E-state index < -0.39 is 5.97 Å². The van der Waals surface area contributed by atoms with Gasteiger partial charge in [-0.2, -0.15) is 0 Å². The minimum Gasteiger partial charge on any atom is -0.452 e. The van der Waals surface area contributed by atoms with Crippen molar-refractivity contribution in [3.63, 3.8) is 0 Å². The Hall–Kier alpha value is -2.86. The molecule has 29 heavy (non-hydrogen) atoms. The molecule has 0 unspecified atom stereocenters. The van der Waals surface area contributed by atoms with Crippen molar-refractivity contribution < 1.29 is 19.4 Å². The number of carbonyl (C=O) groups excluding carboxylic acids is 2. The van der Waals surface area contributed by atoms with Crippen LogP contribution in [0.2, 0.25) is 0 Å². The van der Waals surface area contributed by atoms with Gasteiger partial charge in [0.15, 0.2) is 6.61 Å². The molecule has 2 aromatic rings. The first-order chi connectivity index (χ1) is 14.1. The molecule has 6 heteroatoms. The molecule has 0 heterocycles. The summed E-state index contributed by atoms with van der Waals surface area (Å²) in [6.45, 7) is 1.86. The Morgan fingerprint density at radius 3 is 2.66 bits per heavy atom. The summed E-state index contributed by atoms with van der Waals surface area (Å²) in [6, 6.07) is 13.1. The van der Waals surface area contributed by atoms with Crippen molar-refractivity contribution in [2.45, 2.75) is 38.6 Å². The minimum atomic E-state index is -0.581. The van der Waals surface area contributed by atoms with Crippen molar-refractivity contribution in [2.24, 2.45) is 0 Å². The van der Waals surface area contributed by atoms with Gasteiger partial charge in [0.2, 0.25) is 0 Å². The Balaban J connectivity index is 1.54. The molecule has 3 rings (SSSR count). The van der Waals surface area contributed by atoms with Crippen LogP contribution < -0.4 is 10.6 Å². The number of ether oxygens (including phenoxy) is 1. The molecule has 0 radical (unpaired) electrons. The third-order valence-electron chi connectivity index (χ3n) is 5.16. The lowest BCUT2D eigenvalue weighted by molar-refractivity contribution is -0.124. The van der Waals surface area contributed by atoms with E-state index in [1.54, 1.807) is 24.3 Å². The number of benzene rings is 2. The lowest BCUT2D eigenvalue weighted by atomic mass is 9.89. The van der Waals surface area contributed by atoms with E-state index in [2.05, 4.69) is 28.8 Å². The fourth-order valence-corrected chi connectivity index (χ4v) is 3.60. The first kappa shape index (κ1) is 20.9. The van der Waals surface area contributed by atoms with Crippen molar-refractivity contribution in [3.05, 3.63) is 64.7 Å². The number of aliphatic hydroxyl groups is 1. The van der Waals surface area contributed by atoms with E-state index in [0.717, 1.165) is 18.4 Å². The molecule has 0 aromatic heterocycles. The number of esters is 1. The van der Waals surface area contributed by atoms with Crippen LogP contribution in [0.4, 0.5) is 5.69 Å². The molecule has 0 spiro atoms. The van der Waals surface area contributed by atoms with Crippen molar-refractivity contribution in [1.29, 1.82) is 0 Å². The Morgan fingerprint density at radius 1 is 1.10 bits per heavy atom. The topological polar surface area (TPSA) is 87.7 Å². The first-order valence-electron chi connectivity index (χ1n) is 10.1. The predicted molar refractivity (Wildman–Crippen MR) is 112 cm³/mol. The summed E-state index contributed by atoms with van der Waals surface area (Å²) in [7, 11) is 0. The highest BCUT2D eigenvalue weighted by Crippen LogP contribution is 2.24. The lowest BCUT2D eigenvalue weighted by Crippen LogP contribution is -2.31. The normalized spacial score (nSPS) is 13.9. The number of nitrogens with one attached hydrogen (secondary N) is 2. The zero-order valence-corrected chi connectivity index (χ0v) is 16.7. The van der Waals surface area contributed by atoms with Crippen molar-refractivity contribution in [2.75, 3.05) is 25.1 Å². The summed E-state index contributed by atoms with van der Waals surface area (Å²) < 4.78 is 5.18. The molecule has 0 saturated heterocycles. The van der Waals surface area contributed by atoms with Gasteiger partial charge >= 0.3 is 5.97 Å². The second-order valence-corrected chi connectivity index (χ2v) is 7.30. The largest absolute Gasteiger partial charge is 0.452 e. The van der Waals surface area contributed by atoms with E-state index in [9.17, 15) is 9.59 Å². The fourth-order valence-electron chi connectivity index (χ4n) is 3.60. The Morgan fingerprint density at radius 2 is 1.86 bits per heavy atom. The molecule has 0 fully saturated rings. The quantitative estimate of drug-likeness (QED) is 0.597. The maximum absolute atomic E-state index is 12.3. The maximum Gasteiger partial charge on any atom is 0.340 e. The zero-order chi connectivity index (χ0) is 20.6. The Kier molecular flexibility index (Phi) is 7.25. The van der Waals surface area contributed by atoms with Crippen LogP contribution in [-0.4, -0.2) is 36.7 Å². The smallest absolute Gasteiger partial charge is 0.340 e. The van der Waals surface area contributed by atoms with Gasteiger partial charge in [0.1, 0.15) is 0 Å². The molecular formula is C23H28N2O4. The van der Waals surface area contributed by atoms with Crippen molar-refractivity contribution in [3.8, 4) is 0 Å². The molecule has 1 atom stereocenters. The van der Waals surface area contributed by atoms with Crippen LogP contribution in [0.1, 0.15) is 52.9 Å². The molecule has 3 N–H and O–H groups in total. The number of amides is 1.